The van der Waals surface area contributed by atoms with Crippen LogP contribution >= 0.6 is 0 Å². The summed E-state index contributed by atoms with van der Waals surface area (Å²) in [5, 5.41) is 14.5. The molecule has 0 amide bonds. The number of hydrogen-bond acceptors (Lipinski definition) is 4. The van der Waals surface area contributed by atoms with Crippen molar-refractivity contribution in [1.82, 2.24) is 14.6 Å². The third kappa shape index (κ3) is 3.26. The van der Waals surface area contributed by atoms with Gasteiger partial charge in [-0.1, -0.05) is 12.1 Å². The van der Waals surface area contributed by atoms with Gasteiger partial charge in [-0.05, 0) is 42.3 Å². The molecular formula is C15H12F3N3O2. The third-order valence-corrected chi connectivity index (χ3v) is 3.26. The fourth-order valence-electron chi connectivity index (χ4n) is 2.30. The largest absolute Gasteiger partial charge is 0.573 e. The number of aryl methyl sites for hydroxylation is 1. The van der Waals surface area contributed by atoms with E-state index in [0.29, 0.717) is 16.9 Å². The Bertz CT molecular complexity index is 828. The van der Waals surface area contributed by atoms with Crippen molar-refractivity contribution in [3.05, 3.63) is 59.5 Å². The summed E-state index contributed by atoms with van der Waals surface area (Å²) in [5.41, 5.74) is 2.36. The van der Waals surface area contributed by atoms with Gasteiger partial charge in [0, 0.05) is 0 Å². The van der Waals surface area contributed by atoms with E-state index in [0.717, 1.165) is 17.7 Å². The number of alkyl halides is 3. The Labute approximate surface area is 129 Å². The fourth-order valence-corrected chi connectivity index (χ4v) is 2.30. The van der Waals surface area contributed by atoms with Crippen LogP contribution in [0.25, 0.3) is 5.65 Å². The lowest BCUT2D eigenvalue weighted by Crippen LogP contribution is -2.17. The van der Waals surface area contributed by atoms with Gasteiger partial charge < -0.3 is 9.84 Å². The molecule has 1 atom stereocenters. The van der Waals surface area contributed by atoms with Gasteiger partial charge in [-0.15, -0.1) is 13.2 Å². The van der Waals surface area contributed by atoms with Crippen LogP contribution in [-0.4, -0.2) is 26.1 Å². The molecule has 5 nitrogen and oxygen atoms in total. The maximum Gasteiger partial charge on any atom is 0.573 e. The van der Waals surface area contributed by atoms with Crippen molar-refractivity contribution in [2.24, 2.45) is 0 Å². The molecule has 0 aliphatic heterocycles. The molecule has 0 aliphatic rings. The molecule has 0 fully saturated rings. The molecule has 0 aliphatic carbocycles. The van der Waals surface area contributed by atoms with Gasteiger partial charge in [0.2, 0.25) is 0 Å². The van der Waals surface area contributed by atoms with Crippen LogP contribution in [0.1, 0.15) is 22.9 Å². The van der Waals surface area contributed by atoms with Crippen LogP contribution in [0, 0.1) is 6.92 Å². The van der Waals surface area contributed by atoms with Crippen LogP contribution in [0.2, 0.25) is 0 Å². The molecule has 0 saturated carbocycles. The van der Waals surface area contributed by atoms with Crippen molar-refractivity contribution < 1.29 is 23.0 Å². The average Bonchev–Trinajstić information content (AvgIpc) is 2.93. The van der Waals surface area contributed by atoms with E-state index >= 15 is 0 Å². The fraction of sp³-hybridized carbons (Fsp3) is 0.200. The van der Waals surface area contributed by atoms with Crippen LogP contribution in [0.5, 0.6) is 5.75 Å². The van der Waals surface area contributed by atoms with Crippen LogP contribution in [0.3, 0.4) is 0 Å². The summed E-state index contributed by atoms with van der Waals surface area (Å²) in [6, 6.07) is 8.60. The molecule has 3 aromatic rings. The highest BCUT2D eigenvalue weighted by atomic mass is 19.4. The van der Waals surface area contributed by atoms with Crippen molar-refractivity contribution in [3.8, 4) is 5.75 Å². The number of ether oxygens (including phenoxy) is 1. The molecule has 1 N–H and O–H groups in total. The van der Waals surface area contributed by atoms with E-state index in [1.165, 1.54) is 23.0 Å². The molecule has 0 radical (unpaired) electrons. The Morgan fingerprint density at radius 2 is 1.87 bits per heavy atom. The maximum atomic E-state index is 12.2. The highest BCUT2D eigenvalue weighted by Gasteiger charge is 2.31. The number of pyridine rings is 1. The molecule has 1 aromatic carbocycles. The number of hydrogen-bond donors (Lipinski definition) is 1. The van der Waals surface area contributed by atoms with Gasteiger partial charge in [0.1, 0.15) is 18.2 Å². The summed E-state index contributed by atoms with van der Waals surface area (Å²) >= 11 is 0. The Kier molecular flexibility index (Phi) is 3.69. The van der Waals surface area contributed by atoms with Crippen LogP contribution in [-0.2, 0) is 0 Å². The average molecular weight is 323 g/mol. The number of nitrogens with zero attached hydrogens (tertiary/aromatic N) is 3. The monoisotopic (exact) mass is 323 g/mol. The Hall–Kier alpha value is -2.61. The van der Waals surface area contributed by atoms with Gasteiger partial charge in [0.05, 0.1) is 5.69 Å². The zero-order valence-electron chi connectivity index (χ0n) is 11.9. The lowest BCUT2D eigenvalue weighted by atomic mass is 10.0. The minimum Gasteiger partial charge on any atom is -0.406 e. The van der Waals surface area contributed by atoms with Gasteiger partial charge in [0.25, 0.3) is 0 Å². The highest BCUT2D eigenvalue weighted by molar-refractivity contribution is 5.44. The predicted molar refractivity (Wildman–Crippen MR) is 74.9 cm³/mol. The summed E-state index contributed by atoms with van der Waals surface area (Å²) < 4.78 is 41.8. The van der Waals surface area contributed by atoms with E-state index in [-0.39, 0.29) is 5.75 Å². The minimum absolute atomic E-state index is 0.344. The van der Waals surface area contributed by atoms with Crippen molar-refractivity contribution in [1.29, 1.82) is 0 Å². The molecule has 2 heterocycles. The quantitative estimate of drug-likeness (QED) is 0.805. The number of aromatic nitrogens is 3. The standard InChI is InChI=1S/C15H12F3N3O2/c1-9-6-12(21-13(7-9)19-8-20-21)14(22)10-2-4-11(5-3-10)23-15(16,17)18/h2-8,14,22H,1H3. The second-order valence-corrected chi connectivity index (χ2v) is 5.01. The van der Waals surface area contributed by atoms with E-state index in [9.17, 15) is 18.3 Å². The topological polar surface area (TPSA) is 59.7 Å². The van der Waals surface area contributed by atoms with Gasteiger partial charge >= 0.3 is 6.36 Å². The maximum absolute atomic E-state index is 12.2. The molecule has 1 unspecified atom stereocenters. The van der Waals surface area contributed by atoms with E-state index in [1.807, 2.05) is 13.0 Å². The second kappa shape index (κ2) is 5.54. The second-order valence-electron chi connectivity index (χ2n) is 5.01. The van der Waals surface area contributed by atoms with E-state index in [1.54, 1.807) is 6.07 Å². The normalized spacial score (nSPS) is 13.3. The summed E-state index contributed by atoms with van der Waals surface area (Å²) in [7, 11) is 0. The van der Waals surface area contributed by atoms with E-state index in [2.05, 4.69) is 14.8 Å². The Morgan fingerprint density at radius 1 is 1.17 bits per heavy atom. The number of rotatable bonds is 3. The molecule has 23 heavy (non-hydrogen) atoms. The highest BCUT2D eigenvalue weighted by Crippen LogP contribution is 2.27. The molecular weight excluding hydrogens is 311 g/mol. The summed E-state index contributed by atoms with van der Waals surface area (Å²) in [6.07, 6.45) is -4.44. The minimum atomic E-state index is -4.75. The predicted octanol–water partition coefficient (Wildman–Crippen LogP) is 3.02. The van der Waals surface area contributed by atoms with Crippen LogP contribution in [0.15, 0.2) is 42.7 Å². The Morgan fingerprint density at radius 3 is 2.52 bits per heavy atom. The van der Waals surface area contributed by atoms with Crippen LogP contribution in [0.4, 0.5) is 13.2 Å². The van der Waals surface area contributed by atoms with Gasteiger partial charge in [-0.25, -0.2) is 9.50 Å². The first-order chi connectivity index (χ1) is 10.8. The lowest BCUT2D eigenvalue weighted by Gasteiger charge is -2.14. The number of fused-ring (bicyclic) bond motifs is 1. The number of halogens is 3. The van der Waals surface area contributed by atoms with Gasteiger partial charge in [-0.3, -0.25) is 0 Å². The lowest BCUT2D eigenvalue weighted by molar-refractivity contribution is -0.274. The third-order valence-electron chi connectivity index (χ3n) is 3.26. The van der Waals surface area contributed by atoms with Crippen LogP contribution < -0.4 is 4.74 Å². The van der Waals surface area contributed by atoms with Crippen molar-refractivity contribution in [2.75, 3.05) is 0 Å². The SMILES string of the molecule is Cc1cc(C(O)c2ccc(OC(F)(F)F)cc2)n2ncnc2c1. The molecule has 0 bridgehead atoms. The van der Waals surface area contributed by atoms with Crippen molar-refractivity contribution in [3.63, 3.8) is 0 Å². The van der Waals surface area contributed by atoms with E-state index < -0.39 is 12.5 Å². The molecule has 2 aromatic heterocycles. The first-order valence-electron chi connectivity index (χ1n) is 6.67. The first kappa shape index (κ1) is 15.3. The molecule has 120 valence electrons. The van der Waals surface area contributed by atoms with Gasteiger partial charge in [-0.2, -0.15) is 5.10 Å². The zero-order chi connectivity index (χ0) is 16.6. The van der Waals surface area contributed by atoms with Crippen molar-refractivity contribution in [2.45, 2.75) is 19.4 Å². The van der Waals surface area contributed by atoms with Crippen molar-refractivity contribution >= 4 is 5.65 Å². The first-order valence-corrected chi connectivity index (χ1v) is 6.67. The Balaban J connectivity index is 1.93. The number of benzene rings is 1. The smallest absolute Gasteiger partial charge is 0.406 e. The van der Waals surface area contributed by atoms with E-state index in [4.69, 9.17) is 0 Å². The molecule has 0 spiro atoms. The summed E-state index contributed by atoms with van der Waals surface area (Å²) in [4.78, 5) is 4.07. The zero-order valence-corrected chi connectivity index (χ0v) is 11.9. The molecule has 8 heteroatoms. The molecule has 0 saturated heterocycles. The summed E-state index contributed by atoms with van der Waals surface area (Å²) in [6.45, 7) is 1.85. The summed E-state index contributed by atoms with van der Waals surface area (Å²) in [5.74, 6) is -0.344. The number of aliphatic hydroxyl groups is 1. The number of aliphatic hydroxyl groups excluding tert-OH is 1. The molecule has 3 rings (SSSR count). The van der Waals surface area contributed by atoms with Gasteiger partial charge in [0.15, 0.2) is 5.65 Å².